The van der Waals surface area contributed by atoms with Crippen molar-refractivity contribution in [2.24, 2.45) is 5.73 Å². The molecule has 0 radical (unpaired) electrons. The molecule has 0 aliphatic heterocycles. The molecule has 11 heavy (non-hydrogen) atoms. The average Bonchev–Trinajstić information content (AvgIpc) is 1.86. The van der Waals surface area contributed by atoms with Crippen molar-refractivity contribution in [3.05, 3.63) is 0 Å². The van der Waals surface area contributed by atoms with Gasteiger partial charge in [-0.25, -0.2) is 10.3 Å². The molecule has 0 rings (SSSR count). The minimum absolute atomic E-state index is 0.273. The summed E-state index contributed by atoms with van der Waals surface area (Å²) >= 11 is 0. The zero-order chi connectivity index (χ0) is 8.85. The average molecular weight is 163 g/mol. The van der Waals surface area contributed by atoms with Crippen molar-refractivity contribution in [1.82, 2.24) is 5.48 Å². The Kier molecular flexibility index (Phi) is 3.93. The minimum atomic E-state index is -1.35. The third-order valence-electron chi connectivity index (χ3n) is 0.791. The minimum Gasteiger partial charge on any atom is -0.544 e. The Morgan fingerprint density at radius 3 is 2.64 bits per heavy atom. The fraction of sp³-hybridized carbons (Fsp3) is 0.500. The Morgan fingerprint density at radius 1 is 1.73 bits per heavy atom. The lowest BCUT2D eigenvalue weighted by Gasteiger charge is -2.08. The maximum Gasteiger partial charge on any atom is 0.336 e. The van der Waals surface area contributed by atoms with Gasteiger partial charge in [0.2, 0.25) is 0 Å². The summed E-state index contributed by atoms with van der Waals surface area (Å²) in [6, 6.07) is -1.92. The summed E-state index contributed by atoms with van der Waals surface area (Å²) in [7, 11) is 0. The summed E-state index contributed by atoms with van der Waals surface area (Å²) in [6.45, 7) is -0.273. The first kappa shape index (κ1) is 9.66. The van der Waals surface area contributed by atoms with Crippen molar-refractivity contribution in [1.29, 1.82) is 0 Å². The molecule has 1 atom stereocenters. The SMILES string of the molecule is NC(=O)NOC[C@@H]([NH3+])C(=O)[O-]. The van der Waals surface area contributed by atoms with Gasteiger partial charge in [-0.15, -0.1) is 0 Å². The van der Waals surface area contributed by atoms with E-state index in [4.69, 9.17) is 0 Å². The lowest BCUT2D eigenvalue weighted by atomic mass is 10.3. The van der Waals surface area contributed by atoms with Crippen molar-refractivity contribution in [3.63, 3.8) is 0 Å². The van der Waals surface area contributed by atoms with Crippen LogP contribution in [0.4, 0.5) is 4.79 Å². The molecule has 7 nitrogen and oxygen atoms in total. The summed E-state index contributed by atoms with van der Waals surface area (Å²) in [5.74, 6) is -1.35. The van der Waals surface area contributed by atoms with E-state index in [0.717, 1.165) is 0 Å². The third kappa shape index (κ3) is 5.12. The second-order valence-electron chi connectivity index (χ2n) is 1.79. The third-order valence-corrected chi connectivity index (χ3v) is 0.791. The normalized spacial score (nSPS) is 12.1. The quantitative estimate of drug-likeness (QED) is 0.364. The molecule has 7 heteroatoms. The van der Waals surface area contributed by atoms with E-state index in [2.05, 4.69) is 16.3 Å². The number of carboxylic acids is 1. The molecule has 0 heterocycles. The van der Waals surface area contributed by atoms with Gasteiger partial charge in [-0.3, -0.25) is 4.84 Å². The van der Waals surface area contributed by atoms with Crippen molar-refractivity contribution in [3.8, 4) is 0 Å². The number of nitrogens with one attached hydrogen (secondary N) is 1. The molecular formula is C4H9N3O4. The van der Waals surface area contributed by atoms with Gasteiger partial charge in [0.15, 0.2) is 6.04 Å². The van der Waals surface area contributed by atoms with Gasteiger partial charge in [0.05, 0.1) is 0 Å². The molecule has 0 aliphatic rings. The van der Waals surface area contributed by atoms with Crippen LogP contribution in [-0.4, -0.2) is 24.6 Å². The van der Waals surface area contributed by atoms with E-state index in [-0.39, 0.29) is 6.61 Å². The topological polar surface area (TPSA) is 132 Å². The smallest absolute Gasteiger partial charge is 0.336 e. The Hall–Kier alpha value is -1.34. The molecule has 0 aromatic rings. The fourth-order valence-corrected chi connectivity index (χ4v) is 0.281. The highest BCUT2D eigenvalue weighted by Crippen LogP contribution is 1.72. The number of nitrogens with two attached hydrogens (primary N) is 1. The number of carbonyl (C=O) groups excluding carboxylic acids is 2. The van der Waals surface area contributed by atoms with Gasteiger partial charge in [0.1, 0.15) is 12.6 Å². The highest BCUT2D eigenvalue weighted by atomic mass is 16.7. The number of primary amides is 1. The zero-order valence-corrected chi connectivity index (χ0v) is 5.70. The maximum absolute atomic E-state index is 9.98. The number of rotatable bonds is 4. The predicted molar refractivity (Wildman–Crippen MR) is 30.4 cm³/mol. The monoisotopic (exact) mass is 163 g/mol. The number of quaternary nitrogens is 1. The van der Waals surface area contributed by atoms with Crippen LogP contribution in [0.3, 0.4) is 0 Å². The van der Waals surface area contributed by atoms with Gasteiger partial charge >= 0.3 is 6.03 Å². The Morgan fingerprint density at radius 2 is 2.27 bits per heavy atom. The van der Waals surface area contributed by atoms with E-state index in [9.17, 15) is 14.7 Å². The number of hydrogen-bond donors (Lipinski definition) is 3. The van der Waals surface area contributed by atoms with E-state index in [1.54, 1.807) is 5.48 Å². The summed E-state index contributed by atoms with van der Waals surface area (Å²) in [5, 5.41) is 9.98. The Balaban J connectivity index is 3.39. The van der Waals surface area contributed by atoms with Crippen LogP contribution >= 0.6 is 0 Å². The molecule has 2 amide bonds. The number of urea groups is 1. The highest BCUT2D eigenvalue weighted by Gasteiger charge is 2.06. The molecule has 0 unspecified atom stereocenters. The fourth-order valence-electron chi connectivity index (χ4n) is 0.281. The molecular weight excluding hydrogens is 154 g/mol. The van der Waals surface area contributed by atoms with Crippen LogP contribution in [0.15, 0.2) is 0 Å². The highest BCUT2D eigenvalue weighted by molar-refractivity contribution is 5.70. The summed E-state index contributed by atoms with van der Waals surface area (Å²) in [4.78, 5) is 24.2. The first-order valence-corrected chi connectivity index (χ1v) is 2.75. The van der Waals surface area contributed by atoms with Gasteiger partial charge < -0.3 is 21.4 Å². The number of carbonyl (C=O) groups is 2. The zero-order valence-electron chi connectivity index (χ0n) is 5.70. The van der Waals surface area contributed by atoms with Crippen LogP contribution in [-0.2, 0) is 9.63 Å². The second-order valence-corrected chi connectivity index (χ2v) is 1.79. The van der Waals surface area contributed by atoms with Crippen LogP contribution in [0.1, 0.15) is 0 Å². The van der Waals surface area contributed by atoms with Gasteiger partial charge in [-0.2, -0.15) is 0 Å². The van der Waals surface area contributed by atoms with Crippen molar-refractivity contribution in [2.45, 2.75) is 6.04 Å². The van der Waals surface area contributed by atoms with Gasteiger partial charge in [-0.1, -0.05) is 0 Å². The Bertz CT molecular complexity index is 159. The van der Waals surface area contributed by atoms with Crippen molar-refractivity contribution < 1.29 is 25.3 Å². The first-order valence-electron chi connectivity index (χ1n) is 2.75. The van der Waals surface area contributed by atoms with Crippen LogP contribution in [0.5, 0.6) is 0 Å². The van der Waals surface area contributed by atoms with E-state index in [1.165, 1.54) is 0 Å². The molecule has 0 bridgehead atoms. The molecule has 0 aliphatic carbocycles. The van der Waals surface area contributed by atoms with Crippen LogP contribution in [0, 0.1) is 0 Å². The lowest BCUT2D eigenvalue weighted by Crippen LogP contribution is -2.70. The van der Waals surface area contributed by atoms with Crippen molar-refractivity contribution in [2.75, 3.05) is 6.61 Å². The number of amides is 2. The van der Waals surface area contributed by atoms with Crippen molar-refractivity contribution >= 4 is 12.0 Å². The summed E-state index contributed by atoms with van der Waals surface area (Å²) in [5.41, 5.74) is 9.49. The molecule has 0 aromatic carbocycles. The maximum atomic E-state index is 9.98. The molecule has 0 saturated heterocycles. The molecule has 6 N–H and O–H groups in total. The standard InChI is InChI=1S/C4H9N3O4/c5-2(3(8)9)1-11-7-4(6)10/h2H,1,5H2,(H,8,9)(H3,6,7,10)/t2-/m1/s1. The van der Waals surface area contributed by atoms with Gasteiger partial charge in [-0.05, 0) is 0 Å². The number of carboxylic acid groups (broad SMARTS) is 1. The number of hydroxylamine groups is 1. The summed E-state index contributed by atoms with van der Waals surface area (Å²) in [6.07, 6.45) is 0. The van der Waals surface area contributed by atoms with E-state index < -0.39 is 18.0 Å². The van der Waals surface area contributed by atoms with E-state index >= 15 is 0 Å². The van der Waals surface area contributed by atoms with Crippen LogP contribution in [0.2, 0.25) is 0 Å². The van der Waals surface area contributed by atoms with E-state index in [1.807, 2.05) is 0 Å². The molecule has 64 valence electrons. The molecule has 0 saturated carbocycles. The number of hydrogen-bond acceptors (Lipinski definition) is 4. The lowest BCUT2D eigenvalue weighted by molar-refractivity contribution is -0.443. The summed E-state index contributed by atoms with van der Waals surface area (Å²) < 4.78 is 0. The van der Waals surface area contributed by atoms with Gasteiger partial charge in [0, 0.05) is 0 Å². The van der Waals surface area contributed by atoms with E-state index in [0.29, 0.717) is 0 Å². The number of aliphatic carboxylic acids is 1. The molecule has 0 spiro atoms. The van der Waals surface area contributed by atoms with Crippen LogP contribution < -0.4 is 22.1 Å². The predicted octanol–water partition coefficient (Wildman–Crippen LogP) is -4.05. The molecule has 0 fully saturated rings. The van der Waals surface area contributed by atoms with Crippen LogP contribution in [0.25, 0.3) is 0 Å². The first-order chi connectivity index (χ1) is 5.04. The molecule has 0 aromatic heterocycles. The van der Waals surface area contributed by atoms with Gasteiger partial charge in [0.25, 0.3) is 0 Å². The Labute approximate surface area is 62.2 Å². The largest absolute Gasteiger partial charge is 0.544 e. The second kappa shape index (κ2) is 4.47.